The average molecular weight is 475 g/mol. The van der Waals surface area contributed by atoms with Gasteiger partial charge >= 0.3 is 0 Å². The van der Waals surface area contributed by atoms with E-state index in [1.54, 1.807) is 16.2 Å². The van der Waals surface area contributed by atoms with Crippen molar-refractivity contribution in [3.63, 3.8) is 0 Å². The van der Waals surface area contributed by atoms with Gasteiger partial charge in [-0.1, -0.05) is 68.4 Å². The number of carbonyl (C=O) groups excluding carboxylic acids is 2. The van der Waals surface area contributed by atoms with Crippen LogP contribution in [-0.4, -0.2) is 41.2 Å². The van der Waals surface area contributed by atoms with Crippen molar-refractivity contribution in [3.05, 3.63) is 93.2 Å². The first kappa shape index (κ1) is 24.2. The van der Waals surface area contributed by atoms with Crippen LogP contribution in [-0.2, 0) is 22.4 Å². The SMILES string of the molecule is Cc1ccccc1C1c2ccsc2CCN1C(=O)CN(CCC(C)C)C(=O)Cc1ccccc1. The smallest absolute Gasteiger partial charge is 0.242 e. The molecule has 5 heteroatoms. The van der Waals surface area contributed by atoms with E-state index in [1.807, 2.05) is 47.4 Å². The molecule has 0 bridgehead atoms. The highest BCUT2D eigenvalue weighted by Crippen LogP contribution is 2.39. The fraction of sp³-hybridized carbons (Fsp3) is 0.379. The Hall–Kier alpha value is -2.92. The van der Waals surface area contributed by atoms with Crippen molar-refractivity contribution in [3.8, 4) is 0 Å². The molecule has 1 atom stereocenters. The van der Waals surface area contributed by atoms with Gasteiger partial charge in [0, 0.05) is 18.0 Å². The Morgan fingerprint density at radius 2 is 1.76 bits per heavy atom. The first-order chi connectivity index (χ1) is 16.4. The van der Waals surface area contributed by atoms with E-state index in [4.69, 9.17) is 0 Å². The third-order valence-corrected chi connectivity index (χ3v) is 7.62. The van der Waals surface area contributed by atoms with E-state index >= 15 is 0 Å². The van der Waals surface area contributed by atoms with E-state index in [2.05, 4.69) is 44.4 Å². The monoisotopic (exact) mass is 474 g/mol. The van der Waals surface area contributed by atoms with E-state index < -0.39 is 0 Å². The Bertz CT molecular complexity index is 1120. The van der Waals surface area contributed by atoms with Crippen molar-refractivity contribution < 1.29 is 9.59 Å². The molecule has 1 unspecified atom stereocenters. The largest absolute Gasteiger partial charge is 0.333 e. The summed E-state index contributed by atoms with van der Waals surface area (Å²) in [5, 5.41) is 2.13. The summed E-state index contributed by atoms with van der Waals surface area (Å²) < 4.78 is 0. The molecule has 0 radical (unpaired) electrons. The summed E-state index contributed by atoms with van der Waals surface area (Å²) in [6.45, 7) is 7.81. The van der Waals surface area contributed by atoms with E-state index in [0.29, 0.717) is 25.4 Å². The standard InChI is InChI=1S/C29H34N2O2S/c1-21(2)13-16-30(27(32)19-23-10-5-4-6-11-23)20-28(33)31-17-14-26-25(15-18-34-26)29(31)24-12-8-7-9-22(24)3/h4-12,15,18,21,29H,13-14,16-17,19-20H2,1-3H3. The fourth-order valence-corrected chi connectivity index (χ4v) is 5.56. The Kier molecular flexibility index (Phi) is 7.84. The summed E-state index contributed by atoms with van der Waals surface area (Å²) in [6, 6.07) is 20.2. The Balaban J connectivity index is 1.58. The van der Waals surface area contributed by atoms with Gasteiger partial charge in [-0.25, -0.2) is 0 Å². The second-order valence-corrected chi connectivity index (χ2v) is 10.6. The lowest BCUT2D eigenvalue weighted by molar-refractivity contribution is -0.141. The molecule has 0 saturated heterocycles. The molecular weight excluding hydrogens is 440 g/mol. The molecule has 2 heterocycles. The highest BCUT2D eigenvalue weighted by atomic mass is 32.1. The van der Waals surface area contributed by atoms with E-state index in [-0.39, 0.29) is 24.4 Å². The predicted molar refractivity (Wildman–Crippen MR) is 139 cm³/mol. The van der Waals surface area contributed by atoms with Crippen LogP contribution in [0, 0.1) is 12.8 Å². The van der Waals surface area contributed by atoms with Crippen LogP contribution in [0.15, 0.2) is 66.0 Å². The lowest BCUT2D eigenvalue weighted by atomic mass is 9.90. The van der Waals surface area contributed by atoms with Gasteiger partial charge in [0.15, 0.2) is 0 Å². The molecule has 4 nitrogen and oxygen atoms in total. The number of thiophene rings is 1. The summed E-state index contributed by atoms with van der Waals surface area (Å²) in [4.78, 5) is 32.2. The molecule has 0 saturated carbocycles. The molecule has 1 aliphatic rings. The fourth-order valence-electron chi connectivity index (χ4n) is 4.66. The van der Waals surface area contributed by atoms with Crippen LogP contribution in [0.2, 0.25) is 0 Å². The number of nitrogens with zero attached hydrogens (tertiary/aromatic N) is 2. The van der Waals surface area contributed by atoms with Crippen LogP contribution in [0.3, 0.4) is 0 Å². The van der Waals surface area contributed by atoms with Crippen LogP contribution < -0.4 is 0 Å². The van der Waals surface area contributed by atoms with Crippen molar-refractivity contribution in [1.82, 2.24) is 9.80 Å². The van der Waals surface area contributed by atoms with Crippen molar-refractivity contribution in [2.45, 2.75) is 46.1 Å². The average Bonchev–Trinajstić information content (AvgIpc) is 3.31. The van der Waals surface area contributed by atoms with Gasteiger partial charge in [-0.15, -0.1) is 11.3 Å². The molecule has 1 aromatic heterocycles. The number of amides is 2. The molecule has 0 N–H and O–H groups in total. The maximum absolute atomic E-state index is 13.8. The zero-order valence-corrected chi connectivity index (χ0v) is 21.2. The second-order valence-electron chi connectivity index (χ2n) is 9.56. The third kappa shape index (κ3) is 5.58. The predicted octanol–water partition coefficient (Wildman–Crippen LogP) is 5.65. The number of aryl methyl sites for hydroxylation is 1. The van der Waals surface area contributed by atoms with E-state index in [9.17, 15) is 9.59 Å². The minimum atomic E-state index is -0.0973. The van der Waals surface area contributed by atoms with Gasteiger partial charge in [-0.3, -0.25) is 9.59 Å². The van der Waals surface area contributed by atoms with Crippen molar-refractivity contribution in [2.24, 2.45) is 5.92 Å². The topological polar surface area (TPSA) is 40.6 Å². The summed E-state index contributed by atoms with van der Waals surface area (Å²) in [7, 11) is 0. The van der Waals surface area contributed by atoms with Crippen LogP contribution in [0.4, 0.5) is 0 Å². The highest BCUT2D eigenvalue weighted by Gasteiger charge is 2.34. The molecule has 2 amide bonds. The van der Waals surface area contributed by atoms with Gasteiger partial charge in [-0.2, -0.15) is 0 Å². The van der Waals surface area contributed by atoms with Crippen LogP contribution in [0.25, 0.3) is 0 Å². The van der Waals surface area contributed by atoms with Gasteiger partial charge in [0.1, 0.15) is 0 Å². The number of benzene rings is 2. The zero-order chi connectivity index (χ0) is 24.1. The van der Waals surface area contributed by atoms with Gasteiger partial charge in [0.25, 0.3) is 0 Å². The normalized spacial score (nSPS) is 15.3. The quantitative estimate of drug-likeness (QED) is 0.423. The molecule has 0 spiro atoms. The van der Waals surface area contributed by atoms with Gasteiger partial charge in [-0.05, 0) is 59.4 Å². The number of fused-ring (bicyclic) bond motifs is 1. The summed E-state index contributed by atoms with van der Waals surface area (Å²) >= 11 is 1.77. The lowest BCUT2D eigenvalue weighted by Crippen LogP contribution is -2.47. The Labute approximate surface area is 207 Å². The molecule has 34 heavy (non-hydrogen) atoms. The maximum atomic E-state index is 13.8. The van der Waals surface area contributed by atoms with Gasteiger partial charge in [0.05, 0.1) is 19.0 Å². The summed E-state index contributed by atoms with van der Waals surface area (Å²) in [5.41, 5.74) is 4.55. The Morgan fingerprint density at radius 3 is 2.50 bits per heavy atom. The Morgan fingerprint density at radius 1 is 1.03 bits per heavy atom. The van der Waals surface area contributed by atoms with Crippen molar-refractivity contribution >= 4 is 23.2 Å². The van der Waals surface area contributed by atoms with Crippen LogP contribution >= 0.6 is 11.3 Å². The van der Waals surface area contributed by atoms with E-state index in [0.717, 1.165) is 18.4 Å². The van der Waals surface area contributed by atoms with Crippen molar-refractivity contribution in [2.75, 3.05) is 19.6 Å². The molecule has 2 aromatic carbocycles. The minimum absolute atomic E-state index is 0.0147. The summed E-state index contributed by atoms with van der Waals surface area (Å²) in [5.74, 6) is 0.501. The number of hydrogen-bond donors (Lipinski definition) is 0. The first-order valence-electron chi connectivity index (χ1n) is 12.2. The number of hydrogen-bond acceptors (Lipinski definition) is 3. The maximum Gasteiger partial charge on any atom is 0.242 e. The van der Waals surface area contributed by atoms with E-state index in [1.165, 1.54) is 21.6 Å². The third-order valence-electron chi connectivity index (χ3n) is 6.62. The molecule has 4 rings (SSSR count). The highest BCUT2D eigenvalue weighted by molar-refractivity contribution is 7.10. The molecule has 3 aromatic rings. The van der Waals surface area contributed by atoms with Gasteiger partial charge < -0.3 is 9.80 Å². The molecular formula is C29H34N2O2S. The molecule has 0 aliphatic carbocycles. The second kappa shape index (κ2) is 11.0. The number of carbonyl (C=O) groups is 2. The zero-order valence-electron chi connectivity index (χ0n) is 20.4. The summed E-state index contributed by atoms with van der Waals surface area (Å²) in [6.07, 6.45) is 2.07. The molecule has 0 fully saturated rings. The first-order valence-corrected chi connectivity index (χ1v) is 13.0. The lowest BCUT2D eigenvalue weighted by Gasteiger charge is -2.38. The minimum Gasteiger partial charge on any atom is -0.333 e. The molecule has 178 valence electrons. The van der Waals surface area contributed by atoms with Crippen molar-refractivity contribution in [1.29, 1.82) is 0 Å². The molecule has 1 aliphatic heterocycles. The number of rotatable bonds is 8. The van der Waals surface area contributed by atoms with Crippen LogP contribution in [0.5, 0.6) is 0 Å². The van der Waals surface area contributed by atoms with Gasteiger partial charge in [0.2, 0.25) is 11.8 Å². The van der Waals surface area contributed by atoms with Crippen LogP contribution in [0.1, 0.15) is 53.4 Å².